The fourth-order valence-corrected chi connectivity index (χ4v) is 11.4. The third kappa shape index (κ3) is 9.46. The number of anilines is 3. The van der Waals surface area contributed by atoms with Gasteiger partial charge in [0.2, 0.25) is 5.91 Å². The summed E-state index contributed by atoms with van der Waals surface area (Å²) >= 11 is 26.9. The van der Waals surface area contributed by atoms with Crippen LogP contribution in [0.2, 0.25) is 20.1 Å². The lowest BCUT2D eigenvalue weighted by Crippen LogP contribution is -2.15. The van der Waals surface area contributed by atoms with Crippen LogP contribution in [0, 0.1) is 13.8 Å². The molecule has 0 fully saturated rings. The summed E-state index contributed by atoms with van der Waals surface area (Å²) in [7, 11) is -7.75. The van der Waals surface area contributed by atoms with E-state index in [2.05, 4.69) is 19.7 Å². The van der Waals surface area contributed by atoms with Crippen LogP contribution in [0.3, 0.4) is 0 Å². The van der Waals surface area contributed by atoms with E-state index in [9.17, 15) is 21.6 Å². The third-order valence-corrected chi connectivity index (χ3v) is 13.1. The van der Waals surface area contributed by atoms with Crippen molar-refractivity contribution in [3.63, 3.8) is 0 Å². The molecule has 0 aliphatic rings. The molecule has 6 rings (SSSR count). The number of carbonyl (C=O) groups is 1. The SMILES string of the molecule is CC(=O)Nc1ccc(-c2cscc2NS(=O)(=O)c2c(C)cc(Cl)cc2Cl)cc1.Cc1cc(Cl)cc(Cl)c1S(=O)(=O)Nc1cscc1-c1cccnc1. The molecule has 0 bridgehead atoms. The van der Waals surface area contributed by atoms with Crippen LogP contribution in [-0.4, -0.2) is 27.7 Å². The molecular weight excluding hydrogens is 826 g/mol. The molecule has 9 nitrogen and oxygen atoms in total. The van der Waals surface area contributed by atoms with Crippen molar-refractivity contribution < 1.29 is 21.6 Å². The predicted octanol–water partition coefficient (Wildman–Crippen LogP) is 11.0. The van der Waals surface area contributed by atoms with Crippen molar-refractivity contribution in [2.24, 2.45) is 0 Å². The van der Waals surface area contributed by atoms with Crippen LogP contribution in [0.4, 0.5) is 17.1 Å². The molecule has 0 aliphatic carbocycles. The Balaban J connectivity index is 0.000000203. The Morgan fingerprint density at radius 1 is 0.673 bits per heavy atom. The molecule has 17 heteroatoms. The van der Waals surface area contributed by atoms with Gasteiger partial charge in [0.05, 0.1) is 21.4 Å². The van der Waals surface area contributed by atoms with Crippen LogP contribution in [0.5, 0.6) is 0 Å². The lowest BCUT2D eigenvalue weighted by Gasteiger charge is -2.13. The van der Waals surface area contributed by atoms with Crippen molar-refractivity contribution in [3.05, 3.63) is 126 Å². The highest BCUT2D eigenvalue weighted by atomic mass is 35.5. The Morgan fingerprint density at radius 2 is 1.15 bits per heavy atom. The van der Waals surface area contributed by atoms with Gasteiger partial charge in [0, 0.05) is 73.3 Å². The lowest BCUT2D eigenvalue weighted by molar-refractivity contribution is -0.114. The minimum absolute atomic E-state index is 0.00303. The predicted molar refractivity (Wildman–Crippen MR) is 216 cm³/mol. The van der Waals surface area contributed by atoms with Crippen LogP contribution >= 0.6 is 69.1 Å². The number of benzene rings is 3. The molecular formula is C35H28Cl4N4O5S4. The maximum absolute atomic E-state index is 12.9. The van der Waals surface area contributed by atoms with Crippen molar-refractivity contribution in [1.82, 2.24) is 4.98 Å². The molecule has 3 aromatic heterocycles. The largest absolute Gasteiger partial charge is 0.326 e. The number of amides is 1. The summed E-state index contributed by atoms with van der Waals surface area (Å²) in [5.74, 6) is -0.160. The fourth-order valence-electron chi connectivity index (χ4n) is 5.11. The number of nitrogens with one attached hydrogen (secondary N) is 3. The van der Waals surface area contributed by atoms with E-state index in [1.807, 2.05) is 29.0 Å². The summed E-state index contributed by atoms with van der Waals surface area (Å²) < 4.78 is 56.7. The van der Waals surface area contributed by atoms with Gasteiger partial charge in [0.1, 0.15) is 9.79 Å². The fraction of sp³-hybridized carbons (Fsp3) is 0.0857. The number of thiophene rings is 2. The second-order valence-corrected chi connectivity index (χ2v) is 17.6. The highest BCUT2D eigenvalue weighted by molar-refractivity contribution is 7.93. The molecule has 52 heavy (non-hydrogen) atoms. The second-order valence-electron chi connectivity index (χ2n) is 11.2. The maximum atomic E-state index is 12.9. The van der Waals surface area contributed by atoms with Crippen molar-refractivity contribution >= 4 is 112 Å². The summed E-state index contributed by atoms with van der Waals surface area (Å²) in [6, 6.07) is 16.7. The molecule has 3 aromatic carbocycles. The zero-order valence-corrected chi connectivity index (χ0v) is 33.7. The van der Waals surface area contributed by atoms with Crippen LogP contribution in [0.1, 0.15) is 18.1 Å². The number of aryl methyl sites for hydroxylation is 2. The van der Waals surface area contributed by atoms with E-state index < -0.39 is 20.0 Å². The summed E-state index contributed by atoms with van der Waals surface area (Å²) in [4.78, 5) is 15.2. The molecule has 0 atom stereocenters. The zero-order valence-electron chi connectivity index (χ0n) is 27.4. The Hall–Kier alpha value is -3.66. The van der Waals surface area contributed by atoms with Gasteiger partial charge in [-0.25, -0.2) is 16.8 Å². The number of hydrogen-bond donors (Lipinski definition) is 3. The number of hydrogen-bond acceptors (Lipinski definition) is 8. The Morgan fingerprint density at radius 3 is 1.58 bits per heavy atom. The van der Waals surface area contributed by atoms with Gasteiger partial charge in [-0.05, 0) is 73.0 Å². The molecule has 1 amide bonds. The zero-order chi connectivity index (χ0) is 37.8. The van der Waals surface area contributed by atoms with Gasteiger partial charge >= 0.3 is 0 Å². The number of aromatic nitrogens is 1. The molecule has 0 unspecified atom stereocenters. The number of halogens is 4. The first-order valence-corrected chi connectivity index (χ1v) is 21.3. The first-order chi connectivity index (χ1) is 24.6. The standard InChI is InChI=1S/C19H16Cl2N2O3S2.C16H12Cl2N2O2S2/c1-11-7-14(20)8-17(21)19(11)28(25,26)23-18-10-27-9-16(18)13-3-5-15(6-4-13)22-12(2)24;1-10-5-12(17)6-14(18)16(10)24(21,22)20-15-9-23-8-13(15)11-3-2-4-19-7-11/h3-10,23H,1-2H3,(H,22,24);2-9,20H,1H3. The van der Waals surface area contributed by atoms with Gasteiger partial charge in [0.15, 0.2) is 0 Å². The Bertz CT molecular complexity index is 2430. The number of rotatable bonds is 9. The van der Waals surface area contributed by atoms with E-state index >= 15 is 0 Å². The second kappa shape index (κ2) is 16.6. The van der Waals surface area contributed by atoms with Crippen LogP contribution in [-0.2, 0) is 24.8 Å². The topological polar surface area (TPSA) is 134 Å². The highest BCUT2D eigenvalue weighted by Crippen LogP contribution is 2.37. The van der Waals surface area contributed by atoms with Crippen molar-refractivity contribution in [2.75, 3.05) is 14.8 Å². The van der Waals surface area contributed by atoms with Gasteiger partial charge < -0.3 is 5.32 Å². The molecule has 6 aromatic rings. The van der Waals surface area contributed by atoms with E-state index in [1.54, 1.807) is 67.3 Å². The van der Waals surface area contributed by atoms with Gasteiger partial charge in [-0.1, -0.05) is 64.6 Å². The third-order valence-electron chi connectivity index (χ3n) is 7.23. The molecule has 3 N–H and O–H groups in total. The van der Waals surface area contributed by atoms with E-state index in [0.717, 1.165) is 22.3 Å². The van der Waals surface area contributed by atoms with Crippen molar-refractivity contribution in [2.45, 2.75) is 30.6 Å². The Labute approximate surface area is 329 Å². The van der Waals surface area contributed by atoms with Gasteiger partial charge in [-0.3, -0.25) is 19.2 Å². The smallest absolute Gasteiger partial charge is 0.263 e. The van der Waals surface area contributed by atoms with Crippen molar-refractivity contribution in [3.8, 4) is 22.3 Å². The van der Waals surface area contributed by atoms with E-state index in [1.165, 1.54) is 41.7 Å². The Kier molecular flexibility index (Phi) is 12.6. The number of nitrogens with zero attached hydrogens (tertiary/aromatic N) is 1. The minimum atomic E-state index is -3.91. The van der Waals surface area contributed by atoms with Crippen LogP contribution in [0.25, 0.3) is 22.3 Å². The molecule has 270 valence electrons. The average Bonchev–Trinajstić information content (AvgIpc) is 3.69. The minimum Gasteiger partial charge on any atom is -0.326 e. The summed E-state index contributed by atoms with van der Waals surface area (Å²) in [6.07, 6.45) is 3.34. The lowest BCUT2D eigenvalue weighted by atomic mass is 10.1. The average molecular weight is 855 g/mol. The first kappa shape index (κ1) is 39.5. The summed E-state index contributed by atoms with van der Waals surface area (Å²) in [5.41, 5.74) is 5.67. The number of sulfonamides is 2. The first-order valence-electron chi connectivity index (χ1n) is 14.9. The maximum Gasteiger partial charge on any atom is 0.263 e. The normalized spacial score (nSPS) is 11.4. The van der Waals surface area contributed by atoms with E-state index in [-0.39, 0.29) is 25.7 Å². The van der Waals surface area contributed by atoms with E-state index in [0.29, 0.717) is 38.2 Å². The molecule has 0 spiro atoms. The van der Waals surface area contributed by atoms with Crippen molar-refractivity contribution in [1.29, 1.82) is 0 Å². The monoisotopic (exact) mass is 852 g/mol. The van der Waals surface area contributed by atoms with E-state index in [4.69, 9.17) is 46.4 Å². The van der Waals surface area contributed by atoms with Crippen LogP contribution in [0.15, 0.2) is 104 Å². The summed E-state index contributed by atoms with van der Waals surface area (Å²) in [5, 5.41) is 10.8. The number of carbonyl (C=O) groups excluding carboxylic acids is 1. The quantitative estimate of drug-likeness (QED) is 0.133. The molecule has 0 radical (unpaired) electrons. The van der Waals surface area contributed by atoms with Crippen LogP contribution < -0.4 is 14.8 Å². The van der Waals surface area contributed by atoms with Gasteiger partial charge in [0.25, 0.3) is 20.0 Å². The molecule has 0 saturated heterocycles. The highest BCUT2D eigenvalue weighted by Gasteiger charge is 2.24. The number of pyridine rings is 1. The van der Waals surface area contributed by atoms with Gasteiger partial charge in [-0.2, -0.15) is 0 Å². The molecule has 0 saturated carbocycles. The molecule has 0 aliphatic heterocycles. The molecule has 3 heterocycles. The van der Waals surface area contributed by atoms with Gasteiger partial charge in [-0.15, -0.1) is 22.7 Å². The summed E-state index contributed by atoms with van der Waals surface area (Å²) in [6.45, 7) is 4.73.